The summed E-state index contributed by atoms with van der Waals surface area (Å²) >= 11 is 1.12. The molecule has 1 fully saturated rings. The van der Waals surface area contributed by atoms with Gasteiger partial charge in [-0.25, -0.2) is 9.78 Å². The first-order valence-electron chi connectivity index (χ1n) is 9.01. The SMILES string of the molecule is C=CCNC(=O)NC(=O)CSc1nc2ccccc2c(=O)n1C[C@H]1CCCO1. The van der Waals surface area contributed by atoms with Crippen LogP contribution in [0.1, 0.15) is 12.8 Å². The van der Waals surface area contributed by atoms with Gasteiger partial charge >= 0.3 is 6.03 Å². The molecule has 3 amide bonds. The van der Waals surface area contributed by atoms with E-state index in [1.54, 1.807) is 22.8 Å². The Morgan fingerprint density at radius 2 is 2.21 bits per heavy atom. The van der Waals surface area contributed by atoms with Crippen LogP contribution in [0.3, 0.4) is 0 Å². The van der Waals surface area contributed by atoms with Crippen LogP contribution in [0.5, 0.6) is 0 Å². The average Bonchev–Trinajstić information content (AvgIpc) is 3.20. The quantitative estimate of drug-likeness (QED) is 0.415. The van der Waals surface area contributed by atoms with E-state index in [1.807, 2.05) is 6.07 Å². The van der Waals surface area contributed by atoms with Crippen molar-refractivity contribution in [2.75, 3.05) is 18.9 Å². The summed E-state index contributed by atoms with van der Waals surface area (Å²) in [6.45, 7) is 4.83. The Morgan fingerprint density at radius 3 is 2.96 bits per heavy atom. The summed E-state index contributed by atoms with van der Waals surface area (Å²) in [5, 5.41) is 5.66. The monoisotopic (exact) mass is 402 g/mol. The number of hydrogen-bond donors (Lipinski definition) is 2. The van der Waals surface area contributed by atoms with Crippen LogP contribution >= 0.6 is 11.8 Å². The Labute approximate surface area is 166 Å². The van der Waals surface area contributed by atoms with Crippen molar-refractivity contribution in [3.05, 3.63) is 47.3 Å². The lowest BCUT2D eigenvalue weighted by Gasteiger charge is -2.16. The van der Waals surface area contributed by atoms with Crippen molar-refractivity contribution in [1.82, 2.24) is 20.2 Å². The number of para-hydroxylation sites is 1. The number of benzene rings is 1. The van der Waals surface area contributed by atoms with Gasteiger partial charge in [0.1, 0.15) is 0 Å². The first kappa shape index (κ1) is 20.1. The maximum atomic E-state index is 13.0. The largest absolute Gasteiger partial charge is 0.376 e. The van der Waals surface area contributed by atoms with Crippen molar-refractivity contribution >= 4 is 34.6 Å². The molecule has 1 aliphatic rings. The molecule has 1 saturated heterocycles. The molecule has 1 aliphatic heterocycles. The third-order valence-electron chi connectivity index (χ3n) is 4.23. The predicted octanol–water partition coefficient (Wildman–Crippen LogP) is 1.68. The minimum absolute atomic E-state index is 0.0430. The second kappa shape index (κ2) is 9.52. The van der Waals surface area contributed by atoms with Gasteiger partial charge in [0.2, 0.25) is 5.91 Å². The number of nitrogens with zero attached hydrogens (tertiary/aromatic N) is 2. The number of aromatic nitrogens is 2. The highest BCUT2D eigenvalue weighted by atomic mass is 32.2. The third kappa shape index (κ3) is 4.99. The predicted molar refractivity (Wildman–Crippen MR) is 107 cm³/mol. The second-order valence-electron chi connectivity index (χ2n) is 6.30. The molecule has 8 nitrogen and oxygen atoms in total. The molecule has 0 spiro atoms. The zero-order valence-corrected chi connectivity index (χ0v) is 16.2. The number of ether oxygens (including phenoxy) is 1. The standard InChI is InChI=1S/C19H22N4O4S/c1-2-9-20-18(26)22-16(24)12-28-19-21-15-8-4-3-7-14(15)17(25)23(19)11-13-6-5-10-27-13/h2-4,7-8,13H,1,5-6,9-12H2,(H2,20,22,24,26)/t13-/m1/s1. The van der Waals surface area contributed by atoms with Crippen molar-refractivity contribution in [3.8, 4) is 0 Å². The van der Waals surface area contributed by atoms with Gasteiger partial charge in [-0.3, -0.25) is 19.5 Å². The summed E-state index contributed by atoms with van der Waals surface area (Å²) in [5.41, 5.74) is 0.412. The number of carbonyl (C=O) groups excluding carboxylic acids is 2. The molecular weight excluding hydrogens is 380 g/mol. The number of amides is 3. The van der Waals surface area contributed by atoms with Crippen LogP contribution in [0, 0.1) is 0 Å². The number of imide groups is 1. The molecule has 0 radical (unpaired) electrons. The first-order valence-corrected chi connectivity index (χ1v) is 9.99. The highest BCUT2D eigenvalue weighted by molar-refractivity contribution is 7.99. The normalized spacial score (nSPS) is 16.1. The third-order valence-corrected chi connectivity index (χ3v) is 5.21. The van der Waals surface area contributed by atoms with E-state index in [-0.39, 0.29) is 24.0 Å². The molecule has 2 aromatic rings. The topological polar surface area (TPSA) is 102 Å². The van der Waals surface area contributed by atoms with Crippen LogP contribution in [-0.2, 0) is 16.1 Å². The van der Waals surface area contributed by atoms with E-state index in [0.717, 1.165) is 24.6 Å². The van der Waals surface area contributed by atoms with Crippen LogP contribution in [0.25, 0.3) is 10.9 Å². The first-order chi connectivity index (χ1) is 13.6. The summed E-state index contributed by atoms with van der Waals surface area (Å²) in [6.07, 6.45) is 3.32. The van der Waals surface area contributed by atoms with Crippen LogP contribution in [-0.4, -0.2) is 46.5 Å². The number of hydrogen-bond acceptors (Lipinski definition) is 6. The highest BCUT2D eigenvalue weighted by Crippen LogP contribution is 2.20. The van der Waals surface area contributed by atoms with Crippen LogP contribution < -0.4 is 16.2 Å². The van der Waals surface area contributed by atoms with Crippen molar-refractivity contribution in [2.24, 2.45) is 0 Å². The van der Waals surface area contributed by atoms with Gasteiger partial charge < -0.3 is 10.1 Å². The van der Waals surface area contributed by atoms with Crippen molar-refractivity contribution in [1.29, 1.82) is 0 Å². The molecule has 28 heavy (non-hydrogen) atoms. The maximum absolute atomic E-state index is 13.0. The molecule has 1 atom stereocenters. The molecule has 1 aromatic carbocycles. The molecule has 2 N–H and O–H groups in total. The van der Waals surface area contributed by atoms with Gasteiger partial charge in [0.15, 0.2) is 5.16 Å². The fraction of sp³-hybridized carbons (Fsp3) is 0.368. The smallest absolute Gasteiger partial charge is 0.321 e. The molecule has 1 aromatic heterocycles. The van der Waals surface area contributed by atoms with E-state index >= 15 is 0 Å². The summed E-state index contributed by atoms with van der Waals surface area (Å²) in [5.74, 6) is -0.518. The van der Waals surface area contributed by atoms with Crippen molar-refractivity contribution < 1.29 is 14.3 Å². The summed E-state index contributed by atoms with van der Waals surface area (Å²) < 4.78 is 7.22. The molecule has 0 unspecified atom stereocenters. The van der Waals surface area contributed by atoms with Gasteiger partial charge in [0.05, 0.1) is 29.3 Å². The summed E-state index contributed by atoms with van der Waals surface area (Å²) in [4.78, 5) is 41.1. The lowest BCUT2D eigenvalue weighted by Crippen LogP contribution is -2.40. The molecule has 148 valence electrons. The Morgan fingerprint density at radius 1 is 1.39 bits per heavy atom. The van der Waals surface area contributed by atoms with E-state index in [1.165, 1.54) is 6.08 Å². The van der Waals surface area contributed by atoms with E-state index in [0.29, 0.717) is 29.2 Å². The summed E-state index contributed by atoms with van der Waals surface area (Å²) in [7, 11) is 0. The van der Waals surface area contributed by atoms with Crippen LogP contribution in [0.15, 0.2) is 46.9 Å². The van der Waals surface area contributed by atoms with E-state index in [2.05, 4.69) is 22.2 Å². The molecular formula is C19H22N4O4S. The van der Waals surface area contributed by atoms with Gasteiger partial charge in [0.25, 0.3) is 5.56 Å². The minimum atomic E-state index is -0.589. The van der Waals surface area contributed by atoms with Gasteiger partial charge in [-0.15, -0.1) is 6.58 Å². The van der Waals surface area contributed by atoms with Crippen LogP contribution in [0.2, 0.25) is 0 Å². The molecule has 3 rings (SSSR count). The molecule has 0 aliphatic carbocycles. The number of thioether (sulfide) groups is 1. The van der Waals surface area contributed by atoms with Gasteiger partial charge in [0, 0.05) is 13.2 Å². The molecule has 0 saturated carbocycles. The van der Waals surface area contributed by atoms with Gasteiger partial charge in [-0.2, -0.15) is 0 Å². The number of fused-ring (bicyclic) bond motifs is 1. The zero-order valence-electron chi connectivity index (χ0n) is 15.3. The number of urea groups is 1. The molecule has 9 heteroatoms. The average molecular weight is 402 g/mol. The lowest BCUT2D eigenvalue weighted by atomic mass is 10.2. The Kier molecular flexibility index (Phi) is 6.83. The number of rotatable bonds is 7. The van der Waals surface area contributed by atoms with E-state index < -0.39 is 11.9 Å². The van der Waals surface area contributed by atoms with Gasteiger partial charge in [-0.1, -0.05) is 30.0 Å². The summed E-state index contributed by atoms with van der Waals surface area (Å²) in [6, 6.07) is 6.52. The fourth-order valence-corrected chi connectivity index (χ4v) is 3.72. The van der Waals surface area contributed by atoms with Crippen molar-refractivity contribution in [2.45, 2.75) is 30.6 Å². The van der Waals surface area contributed by atoms with Crippen molar-refractivity contribution in [3.63, 3.8) is 0 Å². The fourth-order valence-electron chi connectivity index (χ4n) is 2.91. The maximum Gasteiger partial charge on any atom is 0.321 e. The molecule has 0 bridgehead atoms. The number of nitrogens with one attached hydrogen (secondary N) is 2. The Bertz CT molecular complexity index is 937. The zero-order chi connectivity index (χ0) is 19.9. The van der Waals surface area contributed by atoms with Crippen LogP contribution in [0.4, 0.5) is 4.79 Å². The number of carbonyl (C=O) groups is 2. The molecule has 2 heterocycles. The minimum Gasteiger partial charge on any atom is -0.376 e. The van der Waals surface area contributed by atoms with Gasteiger partial charge in [-0.05, 0) is 25.0 Å². The second-order valence-corrected chi connectivity index (χ2v) is 7.24. The Balaban J connectivity index is 1.78. The lowest BCUT2D eigenvalue weighted by molar-refractivity contribution is -0.117. The Hall–Kier alpha value is -2.65. The van der Waals surface area contributed by atoms with E-state index in [9.17, 15) is 14.4 Å². The van der Waals surface area contributed by atoms with E-state index in [4.69, 9.17) is 4.74 Å². The highest BCUT2D eigenvalue weighted by Gasteiger charge is 2.20.